The molecule has 0 radical (unpaired) electrons. The number of nitrogens with one attached hydrogen (secondary N) is 2. The fourth-order valence-corrected chi connectivity index (χ4v) is 2.68. The first-order valence-corrected chi connectivity index (χ1v) is 8.10. The van der Waals surface area contributed by atoms with Crippen LogP contribution in [0.25, 0.3) is 11.1 Å². The number of para-hydroxylation sites is 1. The standard InChI is InChI=1S/C14H11N5O3S/c1-23(21,22)19-11-5-3-2-4-8(11)12-9(6-15)13(17)18-14(20)10(12)7-16/h2-5,19H,1H3,(H3,17,18,20). The molecule has 0 aliphatic heterocycles. The Morgan fingerprint density at radius 3 is 2.35 bits per heavy atom. The van der Waals surface area contributed by atoms with E-state index in [1.807, 2.05) is 6.07 Å². The molecule has 0 saturated carbocycles. The van der Waals surface area contributed by atoms with Gasteiger partial charge in [0.2, 0.25) is 10.0 Å². The average Bonchev–Trinajstić information content (AvgIpc) is 2.45. The maximum absolute atomic E-state index is 11.9. The molecule has 4 N–H and O–H groups in total. The molecule has 116 valence electrons. The second-order valence-electron chi connectivity index (χ2n) is 4.64. The Labute approximate surface area is 131 Å². The number of nitrogens with zero attached hydrogens (tertiary/aromatic N) is 2. The zero-order chi connectivity index (χ0) is 17.2. The molecule has 0 fully saturated rings. The molecule has 23 heavy (non-hydrogen) atoms. The molecule has 0 unspecified atom stereocenters. The van der Waals surface area contributed by atoms with Crippen LogP contribution in [-0.2, 0) is 10.0 Å². The highest BCUT2D eigenvalue weighted by molar-refractivity contribution is 7.92. The largest absolute Gasteiger partial charge is 0.384 e. The maximum atomic E-state index is 11.9. The van der Waals surface area contributed by atoms with Gasteiger partial charge in [0.05, 0.1) is 11.9 Å². The van der Waals surface area contributed by atoms with Crippen molar-refractivity contribution in [3.63, 3.8) is 0 Å². The molecule has 9 heteroatoms. The van der Waals surface area contributed by atoms with Crippen LogP contribution in [0.3, 0.4) is 0 Å². The van der Waals surface area contributed by atoms with E-state index in [0.717, 1.165) is 6.26 Å². The van der Waals surface area contributed by atoms with E-state index >= 15 is 0 Å². The number of nitrogens with two attached hydrogens (primary N) is 1. The summed E-state index contributed by atoms with van der Waals surface area (Å²) in [5.41, 5.74) is 4.79. The minimum absolute atomic E-state index is 0.0111. The van der Waals surface area contributed by atoms with E-state index in [1.54, 1.807) is 18.2 Å². The van der Waals surface area contributed by atoms with Crippen LogP contribution in [-0.4, -0.2) is 19.7 Å². The number of aromatic amines is 1. The minimum Gasteiger partial charge on any atom is -0.384 e. The number of pyridine rings is 1. The lowest BCUT2D eigenvalue weighted by Gasteiger charge is -2.13. The molecule has 0 aliphatic rings. The summed E-state index contributed by atoms with van der Waals surface area (Å²) in [4.78, 5) is 14.1. The van der Waals surface area contributed by atoms with E-state index in [2.05, 4.69) is 9.71 Å². The van der Waals surface area contributed by atoms with Crippen LogP contribution in [0.1, 0.15) is 11.1 Å². The number of sulfonamides is 1. The van der Waals surface area contributed by atoms with Crippen LogP contribution in [0.4, 0.5) is 11.5 Å². The van der Waals surface area contributed by atoms with Crippen molar-refractivity contribution in [2.75, 3.05) is 16.7 Å². The van der Waals surface area contributed by atoms with Gasteiger partial charge >= 0.3 is 0 Å². The van der Waals surface area contributed by atoms with Crippen molar-refractivity contribution < 1.29 is 8.42 Å². The first kappa shape index (κ1) is 16.1. The Morgan fingerprint density at radius 1 is 1.17 bits per heavy atom. The smallest absolute Gasteiger partial charge is 0.268 e. The molecule has 0 spiro atoms. The third-order valence-corrected chi connectivity index (χ3v) is 3.55. The zero-order valence-corrected chi connectivity index (χ0v) is 12.7. The quantitative estimate of drug-likeness (QED) is 0.755. The number of benzene rings is 1. The van der Waals surface area contributed by atoms with Crippen LogP contribution < -0.4 is 16.0 Å². The molecule has 0 saturated heterocycles. The highest BCUT2D eigenvalue weighted by atomic mass is 32.2. The van der Waals surface area contributed by atoms with Gasteiger partial charge in [0.15, 0.2) is 0 Å². The predicted molar refractivity (Wildman–Crippen MR) is 84.8 cm³/mol. The average molecular weight is 329 g/mol. The van der Waals surface area contributed by atoms with Crippen molar-refractivity contribution in [3.05, 3.63) is 45.7 Å². The van der Waals surface area contributed by atoms with Gasteiger partial charge < -0.3 is 10.7 Å². The lowest BCUT2D eigenvalue weighted by Crippen LogP contribution is -2.17. The van der Waals surface area contributed by atoms with E-state index in [9.17, 15) is 23.7 Å². The van der Waals surface area contributed by atoms with Gasteiger partial charge in [0, 0.05) is 11.1 Å². The van der Waals surface area contributed by atoms with Crippen molar-refractivity contribution >= 4 is 21.5 Å². The number of nitriles is 2. The molecule has 0 amide bonds. The third kappa shape index (κ3) is 3.15. The Hall–Kier alpha value is -3.30. The highest BCUT2D eigenvalue weighted by Gasteiger charge is 2.21. The molecular formula is C14H11N5O3S. The van der Waals surface area contributed by atoms with Crippen molar-refractivity contribution in [2.45, 2.75) is 0 Å². The second-order valence-corrected chi connectivity index (χ2v) is 6.38. The number of hydrogen-bond donors (Lipinski definition) is 3. The summed E-state index contributed by atoms with van der Waals surface area (Å²) in [7, 11) is -3.60. The molecule has 0 bridgehead atoms. The summed E-state index contributed by atoms with van der Waals surface area (Å²) >= 11 is 0. The number of anilines is 2. The van der Waals surface area contributed by atoms with Gasteiger partial charge in [-0.25, -0.2) is 8.42 Å². The van der Waals surface area contributed by atoms with Crippen molar-refractivity contribution in [1.82, 2.24) is 4.98 Å². The number of hydrogen-bond acceptors (Lipinski definition) is 6. The summed E-state index contributed by atoms with van der Waals surface area (Å²) in [5.74, 6) is -0.194. The zero-order valence-electron chi connectivity index (χ0n) is 11.9. The normalized spacial score (nSPS) is 10.6. The van der Waals surface area contributed by atoms with E-state index in [1.165, 1.54) is 12.1 Å². The number of rotatable bonds is 3. The third-order valence-electron chi connectivity index (χ3n) is 2.96. The van der Waals surface area contributed by atoms with Gasteiger partial charge in [-0.1, -0.05) is 18.2 Å². The topological polar surface area (TPSA) is 153 Å². The van der Waals surface area contributed by atoms with E-state index in [4.69, 9.17) is 5.73 Å². The lowest BCUT2D eigenvalue weighted by molar-refractivity contribution is 0.607. The van der Waals surface area contributed by atoms with Crippen LogP contribution in [0.2, 0.25) is 0 Å². The Morgan fingerprint density at radius 2 is 1.78 bits per heavy atom. The van der Waals surface area contributed by atoms with Crippen molar-refractivity contribution in [1.29, 1.82) is 10.5 Å². The number of H-pyrrole nitrogens is 1. The first-order valence-electron chi connectivity index (χ1n) is 6.21. The monoisotopic (exact) mass is 329 g/mol. The van der Waals surface area contributed by atoms with E-state index < -0.39 is 15.6 Å². The minimum atomic E-state index is -3.60. The molecule has 1 aromatic carbocycles. The molecule has 2 aromatic rings. The Kier molecular flexibility index (Phi) is 4.08. The van der Waals surface area contributed by atoms with Gasteiger partial charge in [-0.15, -0.1) is 0 Å². The molecule has 2 rings (SSSR count). The van der Waals surface area contributed by atoms with Gasteiger partial charge in [-0.05, 0) is 6.07 Å². The number of nitrogen functional groups attached to an aromatic ring is 1. The summed E-state index contributed by atoms with van der Waals surface area (Å²) < 4.78 is 25.3. The fraction of sp³-hybridized carbons (Fsp3) is 0.0714. The van der Waals surface area contributed by atoms with Crippen LogP contribution in [0.15, 0.2) is 29.1 Å². The first-order chi connectivity index (χ1) is 10.8. The second kappa shape index (κ2) is 5.83. The van der Waals surface area contributed by atoms with Gasteiger partial charge in [0.25, 0.3) is 5.56 Å². The van der Waals surface area contributed by atoms with Gasteiger partial charge in [0.1, 0.15) is 29.1 Å². The molecule has 8 nitrogen and oxygen atoms in total. The lowest BCUT2D eigenvalue weighted by atomic mass is 9.95. The van der Waals surface area contributed by atoms with Crippen LogP contribution in [0, 0.1) is 22.7 Å². The van der Waals surface area contributed by atoms with Crippen molar-refractivity contribution in [2.24, 2.45) is 0 Å². The van der Waals surface area contributed by atoms with E-state index in [-0.39, 0.29) is 33.8 Å². The summed E-state index contributed by atoms with van der Waals surface area (Å²) in [6, 6.07) is 9.66. The summed E-state index contributed by atoms with van der Waals surface area (Å²) in [5, 5.41) is 18.5. The molecule has 1 heterocycles. The Bertz CT molecular complexity index is 1030. The van der Waals surface area contributed by atoms with Gasteiger partial charge in [-0.2, -0.15) is 10.5 Å². The fourth-order valence-electron chi connectivity index (χ4n) is 2.10. The van der Waals surface area contributed by atoms with E-state index in [0.29, 0.717) is 0 Å². The predicted octanol–water partition coefficient (Wildman–Crippen LogP) is 0.739. The van der Waals surface area contributed by atoms with Crippen LogP contribution >= 0.6 is 0 Å². The SMILES string of the molecule is CS(=O)(=O)Nc1ccccc1-c1c(C#N)c(N)[nH]c(=O)c1C#N. The molecule has 0 aliphatic carbocycles. The summed E-state index contributed by atoms with van der Waals surface area (Å²) in [6.07, 6.45) is 0.965. The Balaban J connectivity index is 2.92. The molecular weight excluding hydrogens is 318 g/mol. The van der Waals surface area contributed by atoms with Crippen molar-refractivity contribution in [3.8, 4) is 23.3 Å². The van der Waals surface area contributed by atoms with Gasteiger partial charge in [-0.3, -0.25) is 9.52 Å². The highest BCUT2D eigenvalue weighted by Crippen LogP contribution is 2.33. The molecule has 1 aromatic heterocycles. The number of aromatic nitrogens is 1. The van der Waals surface area contributed by atoms with Crippen LogP contribution in [0.5, 0.6) is 0 Å². The summed E-state index contributed by atoms with van der Waals surface area (Å²) in [6.45, 7) is 0. The molecule has 0 atom stereocenters. The maximum Gasteiger partial charge on any atom is 0.268 e.